The summed E-state index contributed by atoms with van der Waals surface area (Å²) < 4.78 is 5.75. The third kappa shape index (κ3) is 6.46. The fourth-order valence-corrected chi connectivity index (χ4v) is 3.93. The second kappa shape index (κ2) is 11.3. The van der Waals surface area contributed by atoms with Crippen LogP contribution in [0.5, 0.6) is 5.75 Å². The molecule has 0 bridgehead atoms. The minimum atomic E-state index is -1.00. The van der Waals surface area contributed by atoms with E-state index in [4.69, 9.17) is 16.3 Å². The first-order valence-electron chi connectivity index (χ1n) is 10.6. The molecular formula is C24H30ClNO4. The van der Waals surface area contributed by atoms with Crippen molar-refractivity contribution in [3.05, 3.63) is 64.7 Å². The topological polar surface area (TPSA) is 70.0 Å². The summed E-state index contributed by atoms with van der Waals surface area (Å²) in [5.74, 6) is 0.791. The Hall–Kier alpha value is -2.08. The van der Waals surface area contributed by atoms with Crippen molar-refractivity contribution < 1.29 is 19.7 Å². The molecule has 0 spiro atoms. The standard InChI is InChI=1S/C24H30ClNO4/c25-20-10-3-1-7-18(20)12-13-24(29)26-15-6-5-9-19-8-2-4-11-23(19)30-17-22(28)21(27)14-16-26/h1-4,7-8,10-11,21-22,27-28H,5-6,9,12-17H2/t21-,22+/m0/s1. The van der Waals surface area contributed by atoms with Crippen LogP contribution in [0.2, 0.25) is 5.02 Å². The first-order chi connectivity index (χ1) is 14.5. The lowest BCUT2D eigenvalue weighted by atomic mass is 10.1. The number of ether oxygens (including phenoxy) is 1. The van der Waals surface area contributed by atoms with E-state index in [-0.39, 0.29) is 12.5 Å². The number of hydrogen-bond acceptors (Lipinski definition) is 4. The summed E-state index contributed by atoms with van der Waals surface area (Å²) in [6.07, 6.45) is 1.96. The summed E-state index contributed by atoms with van der Waals surface area (Å²) in [4.78, 5) is 14.7. The Balaban J connectivity index is 1.64. The lowest BCUT2D eigenvalue weighted by Crippen LogP contribution is -2.38. The van der Waals surface area contributed by atoms with Gasteiger partial charge in [0.2, 0.25) is 5.91 Å². The fourth-order valence-electron chi connectivity index (χ4n) is 3.70. The molecule has 2 atom stereocenters. The van der Waals surface area contributed by atoms with E-state index in [0.717, 1.165) is 36.1 Å². The molecule has 0 saturated heterocycles. The normalized spacial score (nSPS) is 20.8. The van der Waals surface area contributed by atoms with Crippen LogP contribution >= 0.6 is 11.6 Å². The molecule has 2 aromatic carbocycles. The quantitative estimate of drug-likeness (QED) is 0.778. The van der Waals surface area contributed by atoms with Crippen molar-refractivity contribution in [2.45, 2.75) is 50.7 Å². The number of fused-ring (bicyclic) bond motifs is 1. The summed E-state index contributed by atoms with van der Waals surface area (Å²) in [6.45, 7) is 1.07. The molecule has 0 unspecified atom stereocenters. The van der Waals surface area contributed by atoms with Crippen LogP contribution in [-0.2, 0) is 17.6 Å². The van der Waals surface area contributed by atoms with Gasteiger partial charge in [0.05, 0.1) is 6.10 Å². The molecule has 30 heavy (non-hydrogen) atoms. The maximum absolute atomic E-state index is 12.9. The zero-order chi connectivity index (χ0) is 21.3. The van der Waals surface area contributed by atoms with Crippen LogP contribution in [-0.4, -0.2) is 52.9 Å². The van der Waals surface area contributed by atoms with E-state index < -0.39 is 12.2 Å². The number of carbonyl (C=O) groups is 1. The molecule has 0 aliphatic carbocycles. The first kappa shape index (κ1) is 22.6. The van der Waals surface area contributed by atoms with E-state index >= 15 is 0 Å². The molecule has 1 aliphatic rings. The zero-order valence-electron chi connectivity index (χ0n) is 17.2. The molecule has 1 amide bonds. The number of nitrogens with zero attached hydrogens (tertiary/aromatic N) is 1. The van der Waals surface area contributed by atoms with Crippen molar-refractivity contribution in [2.24, 2.45) is 0 Å². The van der Waals surface area contributed by atoms with Gasteiger partial charge in [-0.2, -0.15) is 0 Å². The Morgan fingerprint density at radius 1 is 1.03 bits per heavy atom. The molecule has 2 N–H and O–H groups in total. The van der Waals surface area contributed by atoms with Crippen molar-refractivity contribution in [3.8, 4) is 5.75 Å². The highest BCUT2D eigenvalue weighted by Crippen LogP contribution is 2.22. The van der Waals surface area contributed by atoms with Crippen LogP contribution in [0.15, 0.2) is 48.5 Å². The molecule has 0 radical (unpaired) electrons. The molecule has 5 nitrogen and oxygen atoms in total. The number of aliphatic hydroxyl groups is 2. The number of aliphatic hydroxyl groups excluding tert-OH is 2. The molecule has 0 fully saturated rings. The van der Waals surface area contributed by atoms with Gasteiger partial charge in [0, 0.05) is 24.5 Å². The number of rotatable bonds is 3. The van der Waals surface area contributed by atoms with Gasteiger partial charge in [-0.05, 0) is 55.4 Å². The van der Waals surface area contributed by atoms with Crippen molar-refractivity contribution >= 4 is 17.5 Å². The summed E-state index contributed by atoms with van der Waals surface area (Å²) in [7, 11) is 0. The van der Waals surface area contributed by atoms with Gasteiger partial charge in [-0.3, -0.25) is 4.79 Å². The molecule has 0 saturated carbocycles. The summed E-state index contributed by atoms with van der Waals surface area (Å²) in [5.41, 5.74) is 2.04. The van der Waals surface area contributed by atoms with Gasteiger partial charge in [-0.1, -0.05) is 48.0 Å². The largest absolute Gasteiger partial charge is 0.491 e. The Morgan fingerprint density at radius 3 is 2.63 bits per heavy atom. The van der Waals surface area contributed by atoms with Gasteiger partial charge < -0.3 is 19.8 Å². The zero-order valence-corrected chi connectivity index (χ0v) is 17.9. The first-order valence-corrected chi connectivity index (χ1v) is 11.0. The molecule has 6 heteroatoms. The van der Waals surface area contributed by atoms with Crippen LogP contribution < -0.4 is 4.74 Å². The SMILES string of the molecule is O=C(CCc1ccccc1Cl)N1CCCCc2ccccc2OC[C@@H](O)[C@@H](O)CC1. The predicted octanol–water partition coefficient (Wildman–Crippen LogP) is 3.63. The molecule has 3 rings (SSSR count). The number of aryl methyl sites for hydroxylation is 2. The van der Waals surface area contributed by atoms with Crippen LogP contribution in [0.4, 0.5) is 0 Å². The Labute approximate surface area is 183 Å². The van der Waals surface area contributed by atoms with E-state index in [0.29, 0.717) is 37.4 Å². The fraction of sp³-hybridized carbons (Fsp3) is 0.458. The lowest BCUT2D eigenvalue weighted by molar-refractivity contribution is -0.131. The monoisotopic (exact) mass is 431 g/mol. The van der Waals surface area contributed by atoms with Crippen molar-refractivity contribution in [2.75, 3.05) is 19.7 Å². The lowest BCUT2D eigenvalue weighted by Gasteiger charge is -2.25. The number of hydrogen-bond donors (Lipinski definition) is 2. The molecule has 162 valence electrons. The van der Waals surface area contributed by atoms with Gasteiger partial charge in [0.1, 0.15) is 18.5 Å². The highest BCUT2D eigenvalue weighted by Gasteiger charge is 2.21. The van der Waals surface area contributed by atoms with Crippen LogP contribution in [0.25, 0.3) is 0 Å². The second-order valence-electron chi connectivity index (χ2n) is 7.77. The third-order valence-electron chi connectivity index (χ3n) is 5.56. The van der Waals surface area contributed by atoms with Gasteiger partial charge in [0.25, 0.3) is 0 Å². The average Bonchev–Trinajstić information content (AvgIpc) is 2.77. The van der Waals surface area contributed by atoms with Gasteiger partial charge in [-0.15, -0.1) is 0 Å². The number of carbonyl (C=O) groups excluding carboxylic acids is 1. The maximum Gasteiger partial charge on any atom is 0.222 e. The third-order valence-corrected chi connectivity index (χ3v) is 5.93. The number of para-hydroxylation sites is 1. The van der Waals surface area contributed by atoms with E-state index in [2.05, 4.69) is 0 Å². The van der Waals surface area contributed by atoms with Gasteiger partial charge >= 0.3 is 0 Å². The van der Waals surface area contributed by atoms with E-state index in [9.17, 15) is 15.0 Å². The number of halogens is 1. The van der Waals surface area contributed by atoms with Crippen molar-refractivity contribution in [1.82, 2.24) is 4.90 Å². The minimum absolute atomic E-state index is 0.0264. The molecule has 1 heterocycles. The maximum atomic E-state index is 12.9. The number of benzene rings is 2. The molecule has 0 aromatic heterocycles. The molecule has 1 aliphatic heterocycles. The number of amides is 1. The van der Waals surface area contributed by atoms with Gasteiger partial charge in [-0.25, -0.2) is 0 Å². The van der Waals surface area contributed by atoms with E-state index in [1.807, 2.05) is 48.5 Å². The van der Waals surface area contributed by atoms with Crippen LogP contribution in [0.1, 0.15) is 36.8 Å². The minimum Gasteiger partial charge on any atom is -0.491 e. The van der Waals surface area contributed by atoms with Crippen LogP contribution in [0.3, 0.4) is 0 Å². The Morgan fingerprint density at radius 2 is 1.80 bits per heavy atom. The Kier molecular flexibility index (Phi) is 8.55. The smallest absolute Gasteiger partial charge is 0.222 e. The van der Waals surface area contributed by atoms with Crippen LogP contribution in [0, 0.1) is 0 Å². The molecule has 2 aromatic rings. The van der Waals surface area contributed by atoms with E-state index in [1.165, 1.54) is 0 Å². The summed E-state index contributed by atoms with van der Waals surface area (Å²) >= 11 is 6.21. The van der Waals surface area contributed by atoms with E-state index in [1.54, 1.807) is 4.90 Å². The predicted molar refractivity (Wildman–Crippen MR) is 118 cm³/mol. The average molecular weight is 432 g/mol. The summed E-state index contributed by atoms with van der Waals surface area (Å²) in [6, 6.07) is 15.3. The Bertz CT molecular complexity index is 828. The molecular weight excluding hydrogens is 402 g/mol. The highest BCUT2D eigenvalue weighted by molar-refractivity contribution is 6.31. The summed E-state index contributed by atoms with van der Waals surface area (Å²) in [5, 5.41) is 21.3. The van der Waals surface area contributed by atoms with Gasteiger partial charge in [0.15, 0.2) is 0 Å². The van der Waals surface area contributed by atoms with Crippen molar-refractivity contribution in [3.63, 3.8) is 0 Å². The highest BCUT2D eigenvalue weighted by atomic mass is 35.5. The second-order valence-corrected chi connectivity index (χ2v) is 8.18. The van der Waals surface area contributed by atoms with Crippen molar-refractivity contribution in [1.29, 1.82) is 0 Å².